The first-order valence-corrected chi connectivity index (χ1v) is 7.80. The fourth-order valence-electron chi connectivity index (χ4n) is 1.88. The molecule has 114 valence electrons. The summed E-state index contributed by atoms with van der Waals surface area (Å²) in [6, 6.07) is 20.6. The van der Waals surface area contributed by atoms with Crippen LogP contribution in [-0.4, -0.2) is 15.8 Å². The first kappa shape index (κ1) is 15.1. The van der Waals surface area contributed by atoms with Crippen LogP contribution in [0.5, 0.6) is 0 Å². The molecule has 0 radical (unpaired) electrons. The van der Waals surface area contributed by atoms with E-state index in [1.54, 1.807) is 23.1 Å². The molecule has 0 atom stereocenters. The second-order valence-electron chi connectivity index (χ2n) is 4.60. The minimum absolute atomic E-state index is 0.418. The van der Waals surface area contributed by atoms with Crippen LogP contribution in [0, 0.1) is 0 Å². The van der Waals surface area contributed by atoms with Crippen molar-refractivity contribution in [2.24, 2.45) is 4.99 Å². The van der Waals surface area contributed by atoms with Crippen molar-refractivity contribution < 1.29 is 4.79 Å². The number of benzene rings is 2. The van der Waals surface area contributed by atoms with Gasteiger partial charge in [0.25, 0.3) is 0 Å². The molecule has 2 amide bonds. The lowest BCUT2D eigenvalue weighted by Crippen LogP contribution is -2.16. The van der Waals surface area contributed by atoms with E-state index < -0.39 is 6.03 Å². The Morgan fingerprint density at radius 2 is 1.70 bits per heavy atom. The zero-order valence-corrected chi connectivity index (χ0v) is 13.0. The Bertz CT molecular complexity index is 827. The van der Waals surface area contributed by atoms with Crippen molar-refractivity contribution in [3.8, 4) is 5.69 Å². The van der Waals surface area contributed by atoms with Gasteiger partial charge in [-0.05, 0) is 42.3 Å². The second kappa shape index (κ2) is 7.42. The van der Waals surface area contributed by atoms with Gasteiger partial charge in [0.15, 0.2) is 0 Å². The van der Waals surface area contributed by atoms with E-state index in [0.29, 0.717) is 5.36 Å². The monoisotopic (exact) mass is 322 g/mol. The van der Waals surface area contributed by atoms with Crippen molar-refractivity contribution in [1.29, 1.82) is 0 Å². The molecule has 0 saturated heterocycles. The molecule has 23 heavy (non-hydrogen) atoms. The Hall–Kier alpha value is -2.86. The predicted octanol–water partition coefficient (Wildman–Crippen LogP) is 3.19. The lowest BCUT2D eigenvalue weighted by atomic mass is 10.3. The lowest BCUT2D eigenvalue weighted by Gasteiger charge is -2.03. The molecule has 0 aliphatic carbocycles. The van der Waals surface area contributed by atoms with Crippen LogP contribution in [0.15, 0.2) is 89.0 Å². The third-order valence-corrected chi connectivity index (χ3v) is 3.74. The van der Waals surface area contributed by atoms with Gasteiger partial charge in [-0.2, -0.15) is 10.1 Å². The van der Waals surface area contributed by atoms with Crippen molar-refractivity contribution in [3.05, 3.63) is 84.5 Å². The number of hydrogen-bond acceptors (Lipinski definition) is 3. The maximum atomic E-state index is 11.8. The molecule has 3 aromatic rings. The largest absolute Gasteiger partial charge is 0.351 e. The van der Waals surface area contributed by atoms with Crippen LogP contribution in [0.3, 0.4) is 0 Å². The standard InChI is InChI=1S/C17H14N4OS/c22-17(20-23-16-9-5-2-6-10-16)19-14-11-12-21(18-13-14)15-7-3-1-4-8-15/h1-13H,(H,20,22)/b19-14+. The molecule has 6 heteroatoms. The van der Waals surface area contributed by atoms with Gasteiger partial charge in [0.05, 0.1) is 17.2 Å². The summed E-state index contributed by atoms with van der Waals surface area (Å²) >= 11 is 1.23. The summed E-state index contributed by atoms with van der Waals surface area (Å²) in [6.07, 6.45) is 3.32. The minimum atomic E-state index is -0.418. The van der Waals surface area contributed by atoms with Crippen molar-refractivity contribution >= 4 is 18.0 Å². The molecule has 1 N–H and O–H groups in total. The molecule has 2 aromatic carbocycles. The maximum absolute atomic E-state index is 11.8. The highest BCUT2D eigenvalue weighted by atomic mass is 32.2. The van der Waals surface area contributed by atoms with Crippen molar-refractivity contribution in [2.45, 2.75) is 4.90 Å². The van der Waals surface area contributed by atoms with Gasteiger partial charge in [-0.15, -0.1) is 0 Å². The van der Waals surface area contributed by atoms with Gasteiger partial charge < -0.3 is 0 Å². The van der Waals surface area contributed by atoms with Gasteiger partial charge >= 0.3 is 6.03 Å². The highest BCUT2D eigenvalue weighted by Gasteiger charge is 1.99. The summed E-state index contributed by atoms with van der Waals surface area (Å²) in [6.45, 7) is 0. The number of carbonyl (C=O) groups is 1. The zero-order valence-electron chi connectivity index (χ0n) is 12.2. The van der Waals surface area contributed by atoms with Gasteiger partial charge in [-0.3, -0.25) is 4.72 Å². The molecule has 0 fully saturated rings. The van der Waals surface area contributed by atoms with Crippen molar-refractivity contribution in [1.82, 2.24) is 14.5 Å². The van der Waals surface area contributed by atoms with E-state index in [2.05, 4.69) is 14.8 Å². The van der Waals surface area contributed by atoms with E-state index in [-0.39, 0.29) is 0 Å². The molecule has 1 aromatic heterocycles. The summed E-state index contributed by atoms with van der Waals surface area (Å²) in [5, 5.41) is 4.76. The summed E-state index contributed by atoms with van der Waals surface area (Å²) in [5.41, 5.74) is 0.947. The van der Waals surface area contributed by atoms with Gasteiger partial charge in [0.1, 0.15) is 0 Å². The number of nitrogens with zero attached hydrogens (tertiary/aromatic N) is 3. The molecule has 0 unspecified atom stereocenters. The van der Waals surface area contributed by atoms with Crippen LogP contribution in [0.2, 0.25) is 0 Å². The molecular formula is C17H14N4OS. The molecule has 0 aliphatic heterocycles. The maximum Gasteiger partial charge on any atom is 0.351 e. The summed E-state index contributed by atoms with van der Waals surface area (Å²) in [4.78, 5) is 16.7. The highest BCUT2D eigenvalue weighted by Crippen LogP contribution is 2.12. The molecule has 0 spiro atoms. The number of urea groups is 1. The van der Waals surface area contributed by atoms with E-state index >= 15 is 0 Å². The Labute approximate surface area is 137 Å². The van der Waals surface area contributed by atoms with Crippen molar-refractivity contribution in [3.63, 3.8) is 0 Å². The van der Waals surface area contributed by atoms with Crippen LogP contribution in [0.1, 0.15) is 0 Å². The second-order valence-corrected chi connectivity index (χ2v) is 5.48. The van der Waals surface area contributed by atoms with Gasteiger partial charge in [-0.25, -0.2) is 9.48 Å². The Balaban J connectivity index is 1.66. The van der Waals surface area contributed by atoms with E-state index in [9.17, 15) is 4.79 Å². The van der Waals surface area contributed by atoms with Crippen LogP contribution in [-0.2, 0) is 0 Å². The molecule has 3 rings (SSSR count). The predicted molar refractivity (Wildman–Crippen MR) is 90.0 cm³/mol. The minimum Gasteiger partial charge on any atom is -0.276 e. The summed E-state index contributed by atoms with van der Waals surface area (Å²) < 4.78 is 4.39. The number of para-hydroxylation sites is 1. The number of carbonyl (C=O) groups excluding carboxylic acids is 1. The first-order chi connectivity index (χ1) is 11.3. The quantitative estimate of drug-likeness (QED) is 0.753. The molecule has 1 heterocycles. The third kappa shape index (κ3) is 4.31. The van der Waals surface area contributed by atoms with E-state index in [0.717, 1.165) is 10.6 Å². The average molecular weight is 322 g/mol. The van der Waals surface area contributed by atoms with Gasteiger partial charge in [0, 0.05) is 11.1 Å². The third-order valence-electron chi connectivity index (χ3n) is 2.95. The average Bonchev–Trinajstić information content (AvgIpc) is 2.62. The van der Waals surface area contributed by atoms with E-state index in [1.807, 2.05) is 60.7 Å². The SMILES string of the molecule is O=C(/N=c1\ccn(-c2ccccc2)nc1)NSc1ccccc1. The lowest BCUT2D eigenvalue weighted by molar-refractivity contribution is 0.254. The van der Waals surface area contributed by atoms with E-state index in [4.69, 9.17) is 0 Å². The number of hydrogen-bond donors (Lipinski definition) is 1. The smallest absolute Gasteiger partial charge is 0.276 e. The zero-order chi connectivity index (χ0) is 15.9. The fraction of sp³-hybridized carbons (Fsp3) is 0. The molecule has 0 saturated carbocycles. The van der Waals surface area contributed by atoms with Crippen LogP contribution < -0.4 is 10.1 Å². The Morgan fingerprint density at radius 1 is 1.00 bits per heavy atom. The normalized spacial score (nSPS) is 11.2. The van der Waals surface area contributed by atoms with Gasteiger partial charge in [-0.1, -0.05) is 36.4 Å². The van der Waals surface area contributed by atoms with Gasteiger partial charge in [0.2, 0.25) is 0 Å². The summed E-state index contributed by atoms with van der Waals surface area (Å²) in [5.74, 6) is 0. The Morgan fingerprint density at radius 3 is 2.35 bits per heavy atom. The molecule has 0 bridgehead atoms. The number of aromatic nitrogens is 2. The molecular weight excluding hydrogens is 308 g/mol. The number of amides is 2. The van der Waals surface area contributed by atoms with Crippen LogP contribution >= 0.6 is 11.9 Å². The number of rotatable bonds is 3. The van der Waals surface area contributed by atoms with Crippen LogP contribution in [0.25, 0.3) is 5.69 Å². The molecule has 0 aliphatic rings. The molecule has 5 nitrogen and oxygen atoms in total. The van der Waals surface area contributed by atoms with E-state index in [1.165, 1.54) is 11.9 Å². The highest BCUT2D eigenvalue weighted by molar-refractivity contribution is 7.98. The van der Waals surface area contributed by atoms with Crippen molar-refractivity contribution in [2.75, 3.05) is 0 Å². The topological polar surface area (TPSA) is 59.3 Å². The summed E-state index contributed by atoms with van der Waals surface area (Å²) in [7, 11) is 0. The first-order valence-electron chi connectivity index (χ1n) is 6.98. The van der Waals surface area contributed by atoms with Crippen LogP contribution in [0.4, 0.5) is 4.79 Å². The number of nitrogens with one attached hydrogen (secondary N) is 1. The fourth-order valence-corrected chi connectivity index (χ4v) is 2.42. The Kier molecular flexibility index (Phi) is 4.85.